The lowest BCUT2D eigenvalue weighted by Gasteiger charge is -2.26. The van der Waals surface area contributed by atoms with Crippen molar-refractivity contribution in [3.8, 4) is 5.69 Å². The van der Waals surface area contributed by atoms with Crippen LogP contribution in [0.3, 0.4) is 0 Å². The van der Waals surface area contributed by atoms with Gasteiger partial charge in [-0.25, -0.2) is 4.98 Å². The Morgan fingerprint density at radius 3 is 2.58 bits per heavy atom. The third-order valence-electron chi connectivity index (χ3n) is 4.95. The van der Waals surface area contributed by atoms with Crippen molar-refractivity contribution in [2.45, 2.75) is 26.2 Å². The average Bonchev–Trinajstić information content (AvgIpc) is 3.11. The van der Waals surface area contributed by atoms with Crippen molar-refractivity contribution < 1.29 is 9.59 Å². The second-order valence-electron chi connectivity index (χ2n) is 6.78. The summed E-state index contributed by atoms with van der Waals surface area (Å²) in [4.78, 5) is 30.8. The minimum absolute atomic E-state index is 0.0330. The van der Waals surface area contributed by atoms with Crippen molar-refractivity contribution in [3.63, 3.8) is 0 Å². The molecule has 3 heterocycles. The van der Waals surface area contributed by atoms with E-state index in [1.54, 1.807) is 19.2 Å². The Kier molecular flexibility index (Phi) is 4.29. The van der Waals surface area contributed by atoms with Gasteiger partial charge in [-0.1, -0.05) is 12.1 Å². The summed E-state index contributed by atoms with van der Waals surface area (Å²) in [6.45, 7) is 3.22. The summed E-state index contributed by atoms with van der Waals surface area (Å²) in [6.07, 6.45) is 6.93. The van der Waals surface area contributed by atoms with E-state index in [9.17, 15) is 9.59 Å². The maximum atomic E-state index is 12.7. The van der Waals surface area contributed by atoms with Crippen molar-refractivity contribution in [1.29, 1.82) is 0 Å². The molecular weight excluding hydrogens is 326 g/mol. The third-order valence-corrected chi connectivity index (χ3v) is 4.95. The molecule has 26 heavy (non-hydrogen) atoms. The van der Waals surface area contributed by atoms with Crippen LogP contribution in [-0.2, 0) is 0 Å². The lowest BCUT2D eigenvalue weighted by molar-refractivity contribution is 0.0724. The van der Waals surface area contributed by atoms with Gasteiger partial charge in [-0.2, -0.15) is 0 Å². The quantitative estimate of drug-likeness (QED) is 0.676. The molecule has 4 rings (SSSR count). The van der Waals surface area contributed by atoms with E-state index in [0.717, 1.165) is 42.7 Å². The van der Waals surface area contributed by atoms with Crippen LogP contribution in [0.2, 0.25) is 0 Å². The number of hydrogen-bond acceptors (Lipinski definition) is 3. The molecule has 1 aliphatic heterocycles. The lowest BCUT2D eigenvalue weighted by atomic mass is 10.1. The Morgan fingerprint density at radius 2 is 1.81 bits per heavy atom. The number of likely N-dealkylation sites (tertiary alicyclic amines) is 1. The maximum Gasteiger partial charge on any atom is 0.255 e. The normalized spacial score (nSPS) is 14.6. The summed E-state index contributed by atoms with van der Waals surface area (Å²) in [5, 5.41) is 0.918. The van der Waals surface area contributed by atoms with E-state index in [0.29, 0.717) is 11.1 Å². The highest BCUT2D eigenvalue weighted by Gasteiger charge is 2.19. The molecule has 0 aliphatic carbocycles. The van der Waals surface area contributed by atoms with Gasteiger partial charge in [0.2, 0.25) is 0 Å². The van der Waals surface area contributed by atoms with E-state index < -0.39 is 0 Å². The van der Waals surface area contributed by atoms with E-state index in [4.69, 9.17) is 0 Å². The van der Waals surface area contributed by atoms with Gasteiger partial charge in [0.15, 0.2) is 5.78 Å². The first-order valence-electron chi connectivity index (χ1n) is 9.01. The number of aromatic nitrogens is 2. The van der Waals surface area contributed by atoms with E-state index in [2.05, 4.69) is 4.98 Å². The molecule has 0 bridgehead atoms. The monoisotopic (exact) mass is 347 g/mol. The first-order chi connectivity index (χ1) is 12.6. The fourth-order valence-electron chi connectivity index (χ4n) is 3.50. The smallest absolute Gasteiger partial charge is 0.255 e. The summed E-state index contributed by atoms with van der Waals surface area (Å²) in [5.74, 6) is 0.0936. The number of hydrogen-bond donors (Lipinski definition) is 0. The summed E-state index contributed by atoms with van der Waals surface area (Å²) in [6, 6.07) is 11.3. The Bertz CT molecular complexity index is 984. The van der Waals surface area contributed by atoms with Crippen LogP contribution in [0.25, 0.3) is 16.7 Å². The Balaban J connectivity index is 1.68. The van der Waals surface area contributed by atoms with Gasteiger partial charge in [0.1, 0.15) is 5.65 Å². The minimum atomic E-state index is 0.0330. The standard InChI is InChI=1S/C21H21N3O2/c1-15(25)16-6-5-7-19(13-16)24-11-8-17-12-18(14-22-20(17)24)21(26)23-9-3-2-4-10-23/h5-8,11-14H,2-4,9-10H2,1H3. The van der Waals surface area contributed by atoms with Gasteiger partial charge in [0.05, 0.1) is 5.56 Å². The average molecular weight is 347 g/mol. The van der Waals surface area contributed by atoms with Crippen LogP contribution < -0.4 is 0 Å². The van der Waals surface area contributed by atoms with Gasteiger partial charge < -0.3 is 9.47 Å². The molecule has 5 nitrogen and oxygen atoms in total. The first kappa shape index (κ1) is 16.5. The van der Waals surface area contributed by atoms with Crippen molar-refractivity contribution in [1.82, 2.24) is 14.5 Å². The molecule has 0 N–H and O–H groups in total. The molecule has 1 aliphatic rings. The minimum Gasteiger partial charge on any atom is -0.339 e. The van der Waals surface area contributed by atoms with Crippen molar-refractivity contribution in [3.05, 3.63) is 59.9 Å². The number of pyridine rings is 1. The number of carbonyl (C=O) groups is 2. The number of Topliss-reactive ketones (excluding diaryl/α,β-unsaturated/α-hetero) is 1. The number of nitrogens with zero attached hydrogens (tertiary/aromatic N) is 3. The molecule has 1 aromatic carbocycles. The lowest BCUT2D eigenvalue weighted by Crippen LogP contribution is -2.35. The van der Waals surface area contributed by atoms with E-state index >= 15 is 0 Å². The summed E-state index contributed by atoms with van der Waals surface area (Å²) in [7, 11) is 0. The number of piperidine rings is 1. The summed E-state index contributed by atoms with van der Waals surface area (Å²) in [5.41, 5.74) is 2.96. The zero-order valence-electron chi connectivity index (χ0n) is 14.8. The van der Waals surface area contributed by atoms with Crippen LogP contribution >= 0.6 is 0 Å². The van der Waals surface area contributed by atoms with Crippen LogP contribution in [-0.4, -0.2) is 39.2 Å². The fourth-order valence-corrected chi connectivity index (χ4v) is 3.50. The van der Waals surface area contributed by atoms with Gasteiger partial charge in [-0.05, 0) is 50.5 Å². The second kappa shape index (κ2) is 6.75. The number of carbonyl (C=O) groups excluding carboxylic acids is 2. The summed E-state index contributed by atoms with van der Waals surface area (Å²) >= 11 is 0. The molecule has 132 valence electrons. The Labute approximate surface area is 152 Å². The molecule has 5 heteroatoms. The number of benzene rings is 1. The molecule has 0 radical (unpaired) electrons. The highest BCUT2D eigenvalue weighted by Crippen LogP contribution is 2.22. The van der Waals surface area contributed by atoms with Crippen LogP contribution in [0.1, 0.15) is 46.9 Å². The van der Waals surface area contributed by atoms with Crippen LogP contribution in [0.15, 0.2) is 48.8 Å². The van der Waals surface area contributed by atoms with E-state index in [1.165, 1.54) is 6.42 Å². The van der Waals surface area contributed by atoms with Gasteiger partial charge in [0, 0.05) is 42.1 Å². The molecule has 0 spiro atoms. The number of ketones is 1. The summed E-state index contributed by atoms with van der Waals surface area (Å²) < 4.78 is 1.94. The maximum absolute atomic E-state index is 12.7. The SMILES string of the molecule is CC(=O)c1cccc(-n2ccc3cc(C(=O)N4CCCCC4)cnc32)c1. The Hall–Kier alpha value is -2.95. The predicted octanol–water partition coefficient (Wildman–Crippen LogP) is 3.85. The fraction of sp³-hybridized carbons (Fsp3) is 0.286. The molecular formula is C21H21N3O2. The Morgan fingerprint density at radius 1 is 1.00 bits per heavy atom. The molecule has 1 fully saturated rings. The van der Waals surface area contributed by atoms with Crippen molar-refractivity contribution in [2.75, 3.05) is 13.1 Å². The van der Waals surface area contributed by atoms with Crippen molar-refractivity contribution >= 4 is 22.7 Å². The van der Waals surface area contributed by atoms with Crippen LogP contribution in [0.4, 0.5) is 0 Å². The third kappa shape index (κ3) is 3.01. The number of amides is 1. The van der Waals surface area contributed by atoms with Gasteiger partial charge in [0.25, 0.3) is 5.91 Å². The predicted molar refractivity (Wildman–Crippen MR) is 101 cm³/mol. The highest BCUT2D eigenvalue weighted by atomic mass is 16.2. The molecule has 1 saturated heterocycles. The van der Waals surface area contributed by atoms with E-state index in [1.807, 2.05) is 46.0 Å². The largest absolute Gasteiger partial charge is 0.339 e. The topological polar surface area (TPSA) is 55.2 Å². The van der Waals surface area contributed by atoms with Gasteiger partial charge in [-0.3, -0.25) is 9.59 Å². The molecule has 1 amide bonds. The molecule has 0 atom stereocenters. The van der Waals surface area contributed by atoms with Crippen molar-refractivity contribution in [2.24, 2.45) is 0 Å². The number of fused-ring (bicyclic) bond motifs is 1. The molecule has 0 saturated carbocycles. The highest BCUT2D eigenvalue weighted by molar-refractivity contribution is 5.97. The van der Waals surface area contributed by atoms with Crippen LogP contribution in [0, 0.1) is 0 Å². The zero-order valence-corrected chi connectivity index (χ0v) is 14.8. The number of rotatable bonds is 3. The van der Waals surface area contributed by atoms with Gasteiger partial charge in [-0.15, -0.1) is 0 Å². The molecule has 0 unspecified atom stereocenters. The zero-order chi connectivity index (χ0) is 18.1. The van der Waals surface area contributed by atoms with Gasteiger partial charge >= 0.3 is 0 Å². The molecule has 2 aromatic heterocycles. The van der Waals surface area contributed by atoms with Crippen LogP contribution in [0.5, 0.6) is 0 Å². The molecule has 3 aromatic rings. The first-order valence-corrected chi connectivity index (χ1v) is 9.01. The van der Waals surface area contributed by atoms with E-state index in [-0.39, 0.29) is 11.7 Å². The second-order valence-corrected chi connectivity index (χ2v) is 6.78.